The Morgan fingerprint density at radius 1 is 0.378 bits per heavy atom. The molecule has 98 heavy (non-hydrogen) atoms. The summed E-state index contributed by atoms with van der Waals surface area (Å²) in [5, 5.41) is 0.663. The Kier molecular flexibility index (Phi) is 10.6. The van der Waals surface area contributed by atoms with Crippen LogP contribution in [0.15, 0.2) is 333 Å². The van der Waals surface area contributed by atoms with Crippen LogP contribution in [-0.2, 0) is 24.8 Å². The average Bonchev–Trinajstić information content (AvgIpc) is 1.55. The highest BCUT2D eigenvalue weighted by Gasteiger charge is 2.44. The Balaban J connectivity index is 0.890. The molecule has 6 heteroatoms. The molecule has 14 aromatic carbocycles. The van der Waals surface area contributed by atoms with Crippen LogP contribution in [0.1, 0.15) is 60.8 Å². The zero-order chi connectivity index (χ0) is 80.2. The minimum atomic E-state index is -0.551. The minimum absolute atomic E-state index is 0.0228. The fourth-order valence-corrected chi connectivity index (χ4v) is 15.1. The molecule has 5 nitrogen and oxygen atoms in total. The molecule has 0 saturated heterocycles. The van der Waals surface area contributed by atoms with E-state index >= 15 is 0 Å². The van der Waals surface area contributed by atoms with Crippen molar-refractivity contribution in [1.29, 1.82) is 0 Å². The van der Waals surface area contributed by atoms with Gasteiger partial charge in [-0.05, 0) is 188 Å². The summed E-state index contributed by atoms with van der Waals surface area (Å²) in [5.74, 6) is 0. The number of hydrogen-bond donors (Lipinski definition) is 0. The molecular weight excluding hydrogens is 1190 g/mol. The molecule has 0 unspecified atom stereocenters. The second-order valence-corrected chi connectivity index (χ2v) is 26.2. The van der Waals surface area contributed by atoms with Crippen molar-refractivity contribution in [3.8, 4) is 39.1 Å². The molecule has 0 atom stereocenters. The van der Waals surface area contributed by atoms with Crippen molar-refractivity contribution in [1.82, 2.24) is 9.13 Å². The lowest BCUT2D eigenvalue weighted by Crippen LogP contribution is -2.62. The van der Waals surface area contributed by atoms with Crippen molar-refractivity contribution >= 4 is 112 Å². The standard InChI is InChI=1S/C92H72BN5/c1-92(2,3)68-59-89-91-90(60-68)98(71-38-25-33-67(58-71)64-27-9-4-10-28-64)88-62-73(97-85-46-24-21-41-79(85)80-61-72(49-52-86(80)97)96(69-34-15-7-16-35-69)70-36-17-8-18-37-70)48-51-82(88)93(91)81-50-47-63(53-55-94-83-44-22-19-39-77(83)78-40-20-23-45-84(78)94)57-87(81)95(89)56-54-76-74(65-29-11-5-12-30-65)42-26-43-75(76)66-31-13-6-14-32-66/h4-52,57-62H,53-56H2,1-3H3/i7D,15D,16D,19D,20D,21D,22D,23D,24D,34D,35D,39D,40D,41D,44D,45D,46D. The largest absolute Gasteiger partial charge is 0.342 e. The van der Waals surface area contributed by atoms with Gasteiger partial charge in [-0.15, -0.1) is 0 Å². The molecule has 0 saturated carbocycles. The molecule has 0 spiro atoms. The fourth-order valence-electron chi connectivity index (χ4n) is 15.1. The second kappa shape index (κ2) is 24.1. The fraction of sp³-hybridized carbons (Fsp3) is 0.0870. The van der Waals surface area contributed by atoms with Crippen molar-refractivity contribution in [3.05, 3.63) is 350 Å². The van der Waals surface area contributed by atoms with Crippen LogP contribution in [0, 0.1) is 0 Å². The zero-order valence-electron chi connectivity index (χ0n) is 71.1. The number of benzene rings is 14. The minimum Gasteiger partial charge on any atom is -0.342 e. The van der Waals surface area contributed by atoms with Crippen molar-refractivity contribution in [2.75, 3.05) is 21.2 Å². The zero-order valence-corrected chi connectivity index (χ0v) is 54.1. The third-order valence-corrected chi connectivity index (χ3v) is 19.6. The molecule has 2 aliphatic rings. The number of aromatic nitrogens is 2. The van der Waals surface area contributed by atoms with Gasteiger partial charge < -0.3 is 23.8 Å². The monoisotopic (exact) mass is 1270 g/mol. The van der Waals surface area contributed by atoms with E-state index in [0.29, 0.717) is 40.9 Å². The van der Waals surface area contributed by atoms with Crippen molar-refractivity contribution < 1.29 is 23.3 Å². The number of hydrogen-bond acceptors (Lipinski definition) is 3. The Bertz CT molecular complexity index is 6610. The topological polar surface area (TPSA) is 19.6 Å². The van der Waals surface area contributed by atoms with E-state index in [0.717, 1.165) is 94.9 Å². The maximum Gasteiger partial charge on any atom is 0.252 e. The van der Waals surface area contributed by atoms with E-state index in [4.69, 9.17) is 9.60 Å². The van der Waals surface area contributed by atoms with Crippen LogP contribution < -0.4 is 31.1 Å². The third-order valence-electron chi connectivity index (χ3n) is 19.6. The van der Waals surface area contributed by atoms with E-state index in [1.807, 2.05) is 53.1 Å². The molecule has 0 amide bonds. The third kappa shape index (κ3) is 10.1. The molecule has 0 radical (unpaired) electrons. The number of anilines is 8. The summed E-state index contributed by atoms with van der Waals surface area (Å²) in [4.78, 5) is 6.38. The number of nitrogens with zero attached hydrogens (tertiary/aromatic N) is 5. The van der Waals surface area contributed by atoms with Gasteiger partial charge in [0.25, 0.3) is 6.71 Å². The first kappa shape index (κ1) is 43.3. The number of rotatable bonds is 14. The number of para-hydroxylation sites is 5. The molecule has 2 aromatic heterocycles. The van der Waals surface area contributed by atoms with E-state index in [-0.39, 0.29) is 75.5 Å². The molecule has 18 rings (SSSR count). The summed E-state index contributed by atoms with van der Waals surface area (Å²) < 4.78 is 159. The van der Waals surface area contributed by atoms with Crippen molar-refractivity contribution in [3.63, 3.8) is 0 Å². The normalized spacial score (nSPS) is 15.0. The van der Waals surface area contributed by atoms with Gasteiger partial charge in [-0.2, -0.15) is 0 Å². The summed E-state index contributed by atoms with van der Waals surface area (Å²) in [6.07, 6.45) is 0.819. The first-order chi connectivity index (χ1) is 55.3. The van der Waals surface area contributed by atoms with Crippen LogP contribution in [0.25, 0.3) is 82.7 Å². The Labute approximate surface area is 598 Å². The summed E-state index contributed by atoms with van der Waals surface area (Å²) in [6, 6.07) is 70.3. The molecule has 16 aromatic rings. The Morgan fingerprint density at radius 2 is 0.949 bits per heavy atom. The van der Waals surface area contributed by atoms with Gasteiger partial charge in [-0.25, -0.2) is 0 Å². The first-order valence-corrected chi connectivity index (χ1v) is 33.2. The van der Waals surface area contributed by atoms with Gasteiger partial charge in [0.2, 0.25) is 0 Å². The number of aryl methyl sites for hydroxylation is 2. The quantitative estimate of drug-likeness (QED) is 0.101. The molecule has 0 bridgehead atoms. The lowest BCUT2D eigenvalue weighted by Gasteiger charge is -2.45. The van der Waals surface area contributed by atoms with Crippen LogP contribution >= 0.6 is 0 Å². The van der Waals surface area contributed by atoms with Gasteiger partial charge in [0, 0.05) is 96.9 Å². The Hall–Kier alpha value is -11.9. The predicted octanol–water partition coefficient (Wildman–Crippen LogP) is 21.9. The molecule has 0 aliphatic carbocycles. The molecule has 0 fully saturated rings. The van der Waals surface area contributed by atoms with Crippen LogP contribution in [0.3, 0.4) is 0 Å². The maximum absolute atomic E-state index is 9.94. The van der Waals surface area contributed by atoms with Gasteiger partial charge >= 0.3 is 0 Å². The van der Waals surface area contributed by atoms with E-state index < -0.39 is 90.7 Å². The van der Waals surface area contributed by atoms with Crippen LogP contribution in [0.4, 0.5) is 45.5 Å². The van der Waals surface area contributed by atoms with Gasteiger partial charge in [-0.1, -0.05) is 251 Å². The van der Waals surface area contributed by atoms with E-state index in [2.05, 4.69) is 176 Å². The molecule has 4 heterocycles. The SMILES string of the molecule is [2H]c1c([2H])c([2H])c(N(c2ccccc2)c2ccc3c(c2)c2c([2H])c([2H])c([2H])c([2H])c2n3-c2ccc3c(c2)N(c2cccc(-c4ccccc4)c2)c2cc(C(C)(C)C)cc4c2B3c2ccc(CCn3c5c([2H])c([2H])c([2H])c([2H])c5c5c([2H])c([2H])c([2H])c([2H])c53)cc2N4CCc2c(-c3ccccc3)cccc2-c2ccccc2)c([2H])c1[2H]. The Morgan fingerprint density at radius 3 is 1.62 bits per heavy atom. The highest BCUT2D eigenvalue weighted by atomic mass is 15.2. The summed E-state index contributed by atoms with van der Waals surface area (Å²) >= 11 is 0. The van der Waals surface area contributed by atoms with Crippen LogP contribution in [0.2, 0.25) is 0 Å². The van der Waals surface area contributed by atoms with Gasteiger partial charge in [0.1, 0.15) is 0 Å². The maximum atomic E-state index is 9.94. The summed E-state index contributed by atoms with van der Waals surface area (Å²) in [5.41, 5.74) is 18.3. The van der Waals surface area contributed by atoms with Crippen molar-refractivity contribution in [2.24, 2.45) is 0 Å². The molecule has 0 N–H and O–H groups in total. The van der Waals surface area contributed by atoms with Gasteiger partial charge in [0.05, 0.1) is 34.3 Å². The van der Waals surface area contributed by atoms with Crippen molar-refractivity contribution in [2.45, 2.75) is 45.6 Å². The molecule has 468 valence electrons. The lowest BCUT2D eigenvalue weighted by molar-refractivity contribution is 0.590. The average molecular weight is 1280 g/mol. The summed E-state index contributed by atoms with van der Waals surface area (Å²) in [7, 11) is 0. The molecule has 2 aliphatic heterocycles. The van der Waals surface area contributed by atoms with E-state index in [1.54, 1.807) is 45.9 Å². The van der Waals surface area contributed by atoms with E-state index in [1.165, 1.54) is 0 Å². The first-order valence-electron chi connectivity index (χ1n) is 41.7. The molecular formula is C92H72BN5. The highest BCUT2D eigenvalue weighted by molar-refractivity contribution is 7.00. The van der Waals surface area contributed by atoms with Crippen LogP contribution in [-0.4, -0.2) is 22.4 Å². The van der Waals surface area contributed by atoms with Crippen LogP contribution in [0.5, 0.6) is 0 Å². The highest BCUT2D eigenvalue weighted by Crippen LogP contribution is 2.48. The number of fused-ring (bicyclic) bond motifs is 10. The summed E-state index contributed by atoms with van der Waals surface area (Å²) in [6.45, 7) is 6.68. The van der Waals surface area contributed by atoms with E-state index in [9.17, 15) is 13.7 Å². The van der Waals surface area contributed by atoms with Gasteiger partial charge in [-0.3, -0.25) is 0 Å². The smallest absolute Gasteiger partial charge is 0.252 e. The second-order valence-electron chi connectivity index (χ2n) is 26.2. The van der Waals surface area contributed by atoms with Gasteiger partial charge in [0.15, 0.2) is 0 Å². The lowest BCUT2D eigenvalue weighted by atomic mass is 9.33. The predicted molar refractivity (Wildman–Crippen MR) is 417 cm³/mol.